The maximum Gasteiger partial charge on any atom is 1.00 e. The smallest absolute Gasteiger partial charge is 0.565 e. The van der Waals surface area contributed by atoms with Crippen molar-refractivity contribution in [3.05, 3.63) is 34.0 Å². The summed E-state index contributed by atoms with van der Waals surface area (Å²) in [6.45, 7) is 0. The zero-order valence-electron chi connectivity index (χ0n) is 10.6. The van der Waals surface area contributed by atoms with Crippen molar-refractivity contribution in [2.75, 3.05) is 7.11 Å². The number of ether oxygens (including phenoxy) is 1. The van der Waals surface area contributed by atoms with Gasteiger partial charge in [0.15, 0.2) is 0 Å². The molecule has 0 saturated heterocycles. The first-order valence-electron chi connectivity index (χ1n) is 4.75. The predicted octanol–water partition coefficient (Wildman–Crippen LogP) is -1.42. The number of carbonyl (C=O) groups is 1. The van der Waals surface area contributed by atoms with Gasteiger partial charge in [-0.05, 0) is 22.0 Å². The van der Waals surface area contributed by atoms with Crippen LogP contribution in [-0.4, -0.2) is 33.4 Å². The molecule has 102 valence electrons. The first-order valence-corrected chi connectivity index (χ1v) is 5.92. The van der Waals surface area contributed by atoms with Crippen LogP contribution in [-0.2, 0) is 0 Å². The molecule has 1 aromatic carbocycles. The molecule has 0 spiro atoms. The minimum Gasteiger partial charge on any atom is -0.565 e. The molecule has 10 heteroatoms. The van der Waals surface area contributed by atoms with E-state index in [0.717, 1.165) is 10.2 Å². The Morgan fingerprint density at radius 3 is 2.40 bits per heavy atom. The molecule has 1 N–H and O–H groups in total. The normalized spacial score (nSPS) is 8.95. The molecule has 1 heterocycles. The molecule has 0 aliphatic carbocycles. The van der Waals surface area contributed by atoms with Crippen LogP contribution in [0.2, 0.25) is 5.02 Å². The number of carboxylic acid groups (broad SMARTS) is 2. The van der Waals surface area contributed by atoms with Crippen LogP contribution in [0.15, 0.2) is 29.0 Å². The summed E-state index contributed by atoms with van der Waals surface area (Å²) in [5.41, 5.74) is 0.779. The third-order valence-electron chi connectivity index (χ3n) is 1.86. The molecule has 0 aliphatic rings. The Kier molecular flexibility index (Phi) is 9.64. The fourth-order valence-electron chi connectivity index (χ4n) is 1.17. The van der Waals surface area contributed by atoms with E-state index in [2.05, 4.69) is 26.1 Å². The Labute approximate surface area is 170 Å². The van der Waals surface area contributed by atoms with E-state index in [-0.39, 0.29) is 51.4 Å². The van der Waals surface area contributed by atoms with Gasteiger partial charge in [-0.1, -0.05) is 11.6 Å². The van der Waals surface area contributed by atoms with Crippen molar-refractivity contribution in [3.8, 4) is 11.4 Å². The molecule has 7 nitrogen and oxygen atoms in total. The van der Waals surface area contributed by atoms with Crippen LogP contribution >= 0.6 is 27.5 Å². The fraction of sp³-hybridized carbons (Fsp3) is 0.100. The summed E-state index contributed by atoms with van der Waals surface area (Å²) in [6.07, 6.45) is 1.13. The van der Waals surface area contributed by atoms with Crippen LogP contribution in [0, 0.1) is 0 Å². The fourth-order valence-corrected chi connectivity index (χ4v) is 2.04. The van der Waals surface area contributed by atoms with E-state index in [1.807, 2.05) is 0 Å². The Bertz CT molecular complexity index is 564. The standard InChI is InChI=1S/C9H7BrClN3O.CH2O3.K/c1-15-9-5-8(6(10)4-7(9)11)14-12-2-3-13-14;2-1(3)4;/h2-5H,1H3;(H2,2,3,4);/q;;+1/p-1. The van der Waals surface area contributed by atoms with Crippen molar-refractivity contribution in [2.45, 2.75) is 0 Å². The Balaban J connectivity index is 0.000000644. The van der Waals surface area contributed by atoms with Crippen molar-refractivity contribution in [2.24, 2.45) is 0 Å². The summed E-state index contributed by atoms with van der Waals surface area (Å²) in [6, 6.07) is 3.52. The minimum atomic E-state index is -2.08. The molecular weight excluding hydrogens is 381 g/mol. The van der Waals surface area contributed by atoms with E-state index in [9.17, 15) is 0 Å². The number of nitrogens with zero attached hydrogens (tertiary/aromatic N) is 3. The number of aromatic nitrogens is 3. The van der Waals surface area contributed by atoms with Crippen LogP contribution in [0.25, 0.3) is 5.69 Å². The van der Waals surface area contributed by atoms with Crippen LogP contribution in [0.5, 0.6) is 5.75 Å². The number of halogens is 2. The summed E-state index contributed by atoms with van der Waals surface area (Å²) in [7, 11) is 1.56. The van der Waals surface area contributed by atoms with Gasteiger partial charge < -0.3 is 19.7 Å². The van der Waals surface area contributed by atoms with Crippen molar-refractivity contribution in [1.82, 2.24) is 15.0 Å². The van der Waals surface area contributed by atoms with Gasteiger partial charge >= 0.3 is 51.4 Å². The van der Waals surface area contributed by atoms with Gasteiger partial charge in [0.25, 0.3) is 0 Å². The minimum absolute atomic E-state index is 0. The largest absolute Gasteiger partial charge is 1.00 e. The van der Waals surface area contributed by atoms with E-state index in [1.165, 1.54) is 4.80 Å². The van der Waals surface area contributed by atoms with Crippen molar-refractivity contribution >= 4 is 33.7 Å². The van der Waals surface area contributed by atoms with Gasteiger partial charge in [0.2, 0.25) is 6.16 Å². The van der Waals surface area contributed by atoms with Gasteiger partial charge in [-0.15, -0.1) is 0 Å². The number of benzene rings is 1. The molecular formula is C10H8BrClKN3O4. The predicted molar refractivity (Wildman–Crippen MR) is 68.6 cm³/mol. The second-order valence-electron chi connectivity index (χ2n) is 3.02. The molecule has 2 rings (SSSR count). The van der Waals surface area contributed by atoms with Crippen LogP contribution in [0.3, 0.4) is 0 Å². The SMILES string of the molecule is COc1cc(-n2nccn2)c(Br)cc1Cl.O=C([O-])O.[K+]. The molecule has 0 unspecified atom stereocenters. The van der Waals surface area contributed by atoms with Crippen LogP contribution in [0.4, 0.5) is 4.79 Å². The average molecular weight is 389 g/mol. The molecule has 0 atom stereocenters. The third kappa shape index (κ3) is 6.08. The van der Waals surface area contributed by atoms with Gasteiger partial charge in [-0.3, -0.25) is 0 Å². The Hall–Kier alpha value is -0.164. The quantitative estimate of drug-likeness (QED) is 0.634. The monoisotopic (exact) mass is 387 g/mol. The zero-order chi connectivity index (χ0) is 14.4. The number of rotatable bonds is 2. The summed E-state index contributed by atoms with van der Waals surface area (Å²) >= 11 is 9.35. The van der Waals surface area contributed by atoms with Crippen LogP contribution in [0.1, 0.15) is 0 Å². The molecule has 0 fully saturated rings. The van der Waals surface area contributed by atoms with Gasteiger partial charge in [0.1, 0.15) is 11.4 Å². The maximum atomic E-state index is 8.44. The number of hydrogen-bond acceptors (Lipinski definition) is 5. The Morgan fingerprint density at radius 1 is 1.45 bits per heavy atom. The maximum absolute atomic E-state index is 8.44. The van der Waals surface area contributed by atoms with E-state index in [0.29, 0.717) is 10.8 Å². The summed E-state index contributed by atoms with van der Waals surface area (Å²) in [5.74, 6) is 0.590. The summed E-state index contributed by atoms with van der Waals surface area (Å²) in [4.78, 5) is 9.93. The number of hydrogen-bond donors (Lipinski definition) is 1. The van der Waals surface area contributed by atoms with Crippen molar-refractivity contribution in [1.29, 1.82) is 0 Å². The molecule has 0 amide bonds. The summed E-state index contributed by atoms with van der Waals surface area (Å²) in [5, 5.41) is 23.9. The number of methoxy groups -OCH3 is 1. The Morgan fingerprint density at radius 2 is 1.95 bits per heavy atom. The topological polar surface area (TPSA) is 100 Å². The molecule has 20 heavy (non-hydrogen) atoms. The van der Waals surface area contributed by atoms with Gasteiger partial charge in [0, 0.05) is 10.5 Å². The van der Waals surface area contributed by atoms with Crippen molar-refractivity contribution < 1.29 is 71.1 Å². The van der Waals surface area contributed by atoms with Gasteiger partial charge in [-0.2, -0.15) is 15.0 Å². The van der Waals surface area contributed by atoms with Gasteiger partial charge in [0.05, 0.1) is 24.5 Å². The molecule has 0 aliphatic heterocycles. The first-order chi connectivity index (χ1) is 8.95. The molecule has 0 saturated carbocycles. The first kappa shape index (κ1) is 19.8. The molecule has 0 bridgehead atoms. The molecule has 1 aromatic heterocycles. The second kappa shape index (κ2) is 9.71. The van der Waals surface area contributed by atoms with Crippen LogP contribution < -0.4 is 61.2 Å². The molecule has 2 aromatic rings. The van der Waals surface area contributed by atoms with E-state index in [4.69, 9.17) is 31.3 Å². The van der Waals surface area contributed by atoms with E-state index < -0.39 is 6.16 Å². The van der Waals surface area contributed by atoms with Gasteiger partial charge in [-0.25, -0.2) is 0 Å². The second-order valence-corrected chi connectivity index (χ2v) is 4.28. The zero-order valence-corrected chi connectivity index (χ0v) is 16.0. The van der Waals surface area contributed by atoms with Crippen molar-refractivity contribution in [3.63, 3.8) is 0 Å². The van der Waals surface area contributed by atoms with E-state index in [1.54, 1.807) is 31.6 Å². The summed E-state index contributed by atoms with van der Waals surface area (Å²) < 4.78 is 5.93. The average Bonchev–Trinajstić information content (AvgIpc) is 2.82. The molecule has 0 radical (unpaired) electrons. The third-order valence-corrected chi connectivity index (χ3v) is 2.79. The van der Waals surface area contributed by atoms with E-state index >= 15 is 0 Å².